The second-order valence-corrected chi connectivity index (χ2v) is 8.84. The van der Waals surface area contributed by atoms with Crippen molar-refractivity contribution in [2.45, 2.75) is 4.90 Å². The predicted octanol–water partition coefficient (Wildman–Crippen LogP) is 5.69. The fraction of sp³-hybridized carbons (Fsp3) is 0.0500. The lowest BCUT2D eigenvalue weighted by atomic mass is 10.2. The molecule has 156 valence electrons. The lowest BCUT2D eigenvalue weighted by Crippen LogP contribution is -2.11. The van der Waals surface area contributed by atoms with Gasteiger partial charge in [0.25, 0.3) is 0 Å². The first-order valence-corrected chi connectivity index (χ1v) is 10.8. The number of carbonyl (C=O) groups is 1. The Morgan fingerprint density at radius 3 is 2.23 bits per heavy atom. The zero-order valence-corrected chi connectivity index (χ0v) is 17.5. The van der Waals surface area contributed by atoms with Gasteiger partial charge in [-0.2, -0.15) is 0 Å². The SMILES string of the molecule is CS(=O)(=O)c1cc(OC(=O)c2c(Cl)cccc2Oc2ccc(F)c(Cl)c2)ccc1F. The summed E-state index contributed by atoms with van der Waals surface area (Å²) >= 11 is 11.9. The van der Waals surface area contributed by atoms with Gasteiger partial charge in [-0.15, -0.1) is 0 Å². The monoisotopic (exact) mass is 472 g/mol. The average Bonchev–Trinajstić information content (AvgIpc) is 2.65. The van der Waals surface area contributed by atoms with Gasteiger partial charge in [0.15, 0.2) is 9.84 Å². The van der Waals surface area contributed by atoms with Gasteiger partial charge in [-0.05, 0) is 36.4 Å². The van der Waals surface area contributed by atoms with Crippen LogP contribution in [0.3, 0.4) is 0 Å². The van der Waals surface area contributed by atoms with Crippen LogP contribution in [0.1, 0.15) is 10.4 Å². The second-order valence-electron chi connectivity index (χ2n) is 6.04. The highest BCUT2D eigenvalue weighted by Gasteiger charge is 2.22. The fourth-order valence-electron chi connectivity index (χ4n) is 2.44. The molecule has 0 N–H and O–H groups in total. The normalized spacial score (nSPS) is 11.2. The quantitative estimate of drug-likeness (QED) is 0.352. The maximum atomic E-state index is 13.8. The molecule has 3 aromatic carbocycles. The summed E-state index contributed by atoms with van der Waals surface area (Å²) in [4.78, 5) is 12.1. The van der Waals surface area contributed by atoms with Gasteiger partial charge in [-0.1, -0.05) is 29.3 Å². The highest BCUT2D eigenvalue weighted by molar-refractivity contribution is 7.90. The maximum absolute atomic E-state index is 13.8. The van der Waals surface area contributed by atoms with Crippen LogP contribution in [-0.2, 0) is 9.84 Å². The molecule has 0 radical (unpaired) electrons. The number of carbonyl (C=O) groups excluding carboxylic acids is 1. The number of hydrogen-bond donors (Lipinski definition) is 0. The Balaban J connectivity index is 1.94. The molecule has 10 heteroatoms. The average molecular weight is 473 g/mol. The zero-order chi connectivity index (χ0) is 22.1. The predicted molar refractivity (Wildman–Crippen MR) is 107 cm³/mol. The lowest BCUT2D eigenvalue weighted by Gasteiger charge is -2.13. The Kier molecular flexibility index (Phi) is 6.30. The summed E-state index contributed by atoms with van der Waals surface area (Å²) in [5, 5.41) is -0.200. The number of sulfone groups is 1. The maximum Gasteiger partial charge on any atom is 0.348 e. The fourth-order valence-corrected chi connectivity index (χ4v) is 3.61. The molecule has 5 nitrogen and oxygen atoms in total. The summed E-state index contributed by atoms with van der Waals surface area (Å²) in [5.74, 6) is -2.69. The van der Waals surface area contributed by atoms with Gasteiger partial charge >= 0.3 is 5.97 Å². The molecule has 0 aromatic heterocycles. The van der Waals surface area contributed by atoms with Crippen LogP contribution in [0.15, 0.2) is 59.5 Å². The van der Waals surface area contributed by atoms with Crippen LogP contribution in [0.25, 0.3) is 0 Å². The third-order valence-corrected chi connectivity index (χ3v) is 5.53. The van der Waals surface area contributed by atoms with Gasteiger partial charge in [0.1, 0.15) is 39.3 Å². The molecule has 0 aliphatic carbocycles. The topological polar surface area (TPSA) is 69.7 Å². The molecule has 0 heterocycles. The summed E-state index contributed by atoms with van der Waals surface area (Å²) in [7, 11) is -3.88. The smallest absolute Gasteiger partial charge is 0.348 e. The molecule has 0 atom stereocenters. The van der Waals surface area contributed by atoms with E-state index in [1.807, 2.05) is 0 Å². The Morgan fingerprint density at radius 1 is 0.900 bits per heavy atom. The van der Waals surface area contributed by atoms with Crippen LogP contribution in [-0.4, -0.2) is 20.6 Å². The minimum absolute atomic E-state index is 0.0133. The molecular weight excluding hydrogens is 461 g/mol. The van der Waals surface area contributed by atoms with Crippen molar-refractivity contribution in [2.24, 2.45) is 0 Å². The molecule has 0 aliphatic heterocycles. The van der Waals surface area contributed by atoms with Crippen LogP contribution >= 0.6 is 23.2 Å². The molecular formula is C20H12Cl2F2O5S. The Hall–Kier alpha value is -2.68. The van der Waals surface area contributed by atoms with Crippen LogP contribution < -0.4 is 9.47 Å². The molecule has 0 fully saturated rings. The first kappa shape index (κ1) is 22.0. The van der Waals surface area contributed by atoms with Crippen LogP contribution in [0.5, 0.6) is 17.2 Å². The molecule has 0 saturated carbocycles. The Bertz CT molecular complexity index is 1250. The molecule has 0 bridgehead atoms. The van der Waals surface area contributed by atoms with Crippen molar-refractivity contribution in [2.75, 3.05) is 6.26 Å². The summed E-state index contributed by atoms with van der Waals surface area (Å²) in [6.45, 7) is 0. The van der Waals surface area contributed by atoms with E-state index >= 15 is 0 Å². The molecule has 0 saturated heterocycles. The third-order valence-electron chi connectivity index (χ3n) is 3.81. The minimum Gasteiger partial charge on any atom is -0.456 e. The van der Waals surface area contributed by atoms with E-state index in [0.29, 0.717) is 0 Å². The summed E-state index contributed by atoms with van der Waals surface area (Å²) in [5.41, 5.74) is -0.176. The van der Waals surface area contributed by atoms with Gasteiger partial charge in [0.2, 0.25) is 0 Å². The van der Waals surface area contributed by atoms with E-state index in [9.17, 15) is 22.0 Å². The zero-order valence-electron chi connectivity index (χ0n) is 15.2. The van der Waals surface area contributed by atoms with Crippen molar-refractivity contribution in [3.8, 4) is 17.2 Å². The van der Waals surface area contributed by atoms with Crippen molar-refractivity contribution < 1.29 is 31.5 Å². The number of hydrogen-bond acceptors (Lipinski definition) is 5. The number of ether oxygens (including phenoxy) is 2. The van der Waals surface area contributed by atoms with E-state index in [1.54, 1.807) is 0 Å². The minimum atomic E-state index is -3.88. The number of benzene rings is 3. The molecule has 3 aromatic rings. The summed E-state index contributed by atoms with van der Waals surface area (Å²) in [6, 6.07) is 10.8. The Morgan fingerprint density at radius 2 is 1.57 bits per heavy atom. The lowest BCUT2D eigenvalue weighted by molar-refractivity contribution is 0.0731. The first-order chi connectivity index (χ1) is 14.1. The molecule has 0 amide bonds. The molecule has 0 aliphatic rings. The van der Waals surface area contributed by atoms with Crippen molar-refractivity contribution in [3.63, 3.8) is 0 Å². The van der Waals surface area contributed by atoms with Gasteiger partial charge in [0, 0.05) is 18.4 Å². The van der Waals surface area contributed by atoms with E-state index in [-0.39, 0.29) is 32.9 Å². The van der Waals surface area contributed by atoms with Crippen molar-refractivity contribution in [1.29, 1.82) is 0 Å². The highest BCUT2D eigenvalue weighted by atomic mass is 35.5. The number of rotatable bonds is 5. The van der Waals surface area contributed by atoms with Gasteiger partial charge in [-0.3, -0.25) is 0 Å². The van der Waals surface area contributed by atoms with Gasteiger partial charge in [-0.25, -0.2) is 22.0 Å². The molecule has 3 rings (SSSR count). The van der Waals surface area contributed by atoms with E-state index < -0.39 is 32.3 Å². The summed E-state index contributed by atoms with van der Waals surface area (Å²) in [6.07, 6.45) is 0.824. The third kappa shape index (κ3) is 4.89. The van der Waals surface area contributed by atoms with Crippen LogP contribution in [0.4, 0.5) is 8.78 Å². The first-order valence-electron chi connectivity index (χ1n) is 8.19. The van der Waals surface area contributed by atoms with E-state index in [1.165, 1.54) is 30.3 Å². The van der Waals surface area contributed by atoms with Crippen molar-refractivity contribution in [3.05, 3.63) is 81.8 Å². The van der Waals surface area contributed by atoms with Gasteiger partial charge < -0.3 is 9.47 Å². The highest BCUT2D eigenvalue weighted by Crippen LogP contribution is 2.33. The summed E-state index contributed by atoms with van der Waals surface area (Å²) < 4.78 is 61.2. The molecule has 30 heavy (non-hydrogen) atoms. The number of esters is 1. The van der Waals surface area contributed by atoms with E-state index in [0.717, 1.165) is 30.5 Å². The standard InChI is InChI=1S/C20H12Cl2F2O5S/c1-30(26,27)18-10-12(6-8-16(18)24)29-20(25)19-13(21)3-2-4-17(19)28-11-5-7-15(23)14(22)9-11/h2-10H,1H3. The molecule has 0 unspecified atom stereocenters. The van der Waals surface area contributed by atoms with Gasteiger partial charge in [0.05, 0.1) is 10.0 Å². The molecule has 0 spiro atoms. The largest absolute Gasteiger partial charge is 0.456 e. The van der Waals surface area contributed by atoms with Crippen molar-refractivity contribution >= 4 is 39.0 Å². The van der Waals surface area contributed by atoms with E-state index in [4.69, 9.17) is 32.7 Å². The second kappa shape index (κ2) is 8.59. The van der Waals surface area contributed by atoms with Crippen molar-refractivity contribution in [1.82, 2.24) is 0 Å². The van der Waals surface area contributed by atoms with Crippen LogP contribution in [0, 0.1) is 11.6 Å². The van der Waals surface area contributed by atoms with E-state index in [2.05, 4.69) is 0 Å². The number of halogens is 4. The Labute approximate surface area is 180 Å². The van der Waals surface area contributed by atoms with Crippen LogP contribution in [0.2, 0.25) is 10.0 Å².